The Balaban J connectivity index is 3.17. The maximum Gasteiger partial charge on any atom is 0.150 e. The number of aromatic amines is 1. The van der Waals surface area contributed by atoms with Crippen molar-refractivity contribution in [1.29, 1.82) is 0 Å². The summed E-state index contributed by atoms with van der Waals surface area (Å²) in [6.45, 7) is 9.67. The largest absolute Gasteiger partial charge is 0.261 e. The summed E-state index contributed by atoms with van der Waals surface area (Å²) in [6.07, 6.45) is 0. The lowest BCUT2D eigenvalue weighted by Gasteiger charge is -2.02. The van der Waals surface area contributed by atoms with Crippen LogP contribution in [0.5, 0.6) is 0 Å². The maximum atomic E-state index is 4.05. The smallest absolute Gasteiger partial charge is 0.150 e. The minimum absolute atomic E-state index is 0.453. The molecule has 3 nitrogen and oxygen atoms in total. The number of nitrogens with zero attached hydrogens (tertiary/aromatic N) is 2. The van der Waals surface area contributed by atoms with Crippen molar-refractivity contribution in [1.82, 2.24) is 10.2 Å². The monoisotopic (exact) mass is 151 g/mol. The van der Waals surface area contributed by atoms with Crippen molar-refractivity contribution in [2.45, 2.75) is 26.7 Å². The van der Waals surface area contributed by atoms with Gasteiger partial charge in [0, 0.05) is 5.56 Å². The van der Waals surface area contributed by atoms with Gasteiger partial charge in [0.05, 0.1) is 5.69 Å². The Hall–Kier alpha value is -1.12. The summed E-state index contributed by atoms with van der Waals surface area (Å²) in [6, 6.07) is 0. The molecule has 0 saturated carbocycles. The second-order valence-corrected chi connectivity index (χ2v) is 2.88. The number of rotatable bonds is 2. The Morgan fingerprint density at radius 2 is 2.18 bits per heavy atom. The van der Waals surface area contributed by atoms with Gasteiger partial charge >= 0.3 is 0 Å². The van der Waals surface area contributed by atoms with Crippen LogP contribution in [0, 0.1) is 6.92 Å². The molecule has 0 aliphatic rings. The van der Waals surface area contributed by atoms with Gasteiger partial charge in [-0.05, 0) is 19.6 Å². The summed E-state index contributed by atoms with van der Waals surface area (Å²) in [7, 11) is 0. The second-order valence-electron chi connectivity index (χ2n) is 2.88. The first-order valence-corrected chi connectivity index (χ1v) is 3.68. The summed E-state index contributed by atoms with van der Waals surface area (Å²) in [5.74, 6) is 1.26. The molecule has 3 heteroatoms. The molecule has 0 radical (unpaired) electrons. The number of aryl methyl sites for hydroxylation is 1. The Morgan fingerprint density at radius 1 is 1.55 bits per heavy atom. The first-order chi connectivity index (χ1) is 5.16. The third kappa shape index (κ3) is 1.31. The van der Waals surface area contributed by atoms with Crippen LogP contribution in [-0.2, 0) is 0 Å². The standard InChI is InChI=1S/C8H13N3/c1-5(2)7-6(3)10-11-8(7)9-4/h5H,4H2,1-3H3,(H,10,11). The van der Waals surface area contributed by atoms with Crippen molar-refractivity contribution in [3.8, 4) is 0 Å². The highest BCUT2D eigenvalue weighted by atomic mass is 15.2. The molecule has 0 fully saturated rings. The molecule has 1 aromatic heterocycles. The first kappa shape index (κ1) is 7.98. The molecule has 0 aliphatic heterocycles. The zero-order valence-corrected chi connectivity index (χ0v) is 7.18. The Morgan fingerprint density at radius 3 is 2.55 bits per heavy atom. The Kier molecular flexibility index (Phi) is 2.08. The average molecular weight is 151 g/mol. The van der Waals surface area contributed by atoms with E-state index in [0.29, 0.717) is 5.92 Å². The molecule has 0 saturated heterocycles. The molecule has 0 atom stereocenters. The topological polar surface area (TPSA) is 41.0 Å². The molecule has 0 bridgehead atoms. The van der Waals surface area contributed by atoms with Crippen LogP contribution in [0.4, 0.5) is 5.82 Å². The van der Waals surface area contributed by atoms with Crippen LogP contribution in [0.25, 0.3) is 0 Å². The molecule has 0 aliphatic carbocycles. The summed E-state index contributed by atoms with van der Waals surface area (Å²) in [5, 5.41) is 6.88. The van der Waals surface area contributed by atoms with Gasteiger partial charge in [-0.3, -0.25) is 5.10 Å². The van der Waals surface area contributed by atoms with Crippen molar-refractivity contribution < 1.29 is 0 Å². The minimum Gasteiger partial charge on any atom is -0.261 e. The van der Waals surface area contributed by atoms with Gasteiger partial charge in [-0.1, -0.05) is 13.8 Å². The van der Waals surface area contributed by atoms with Crippen molar-refractivity contribution in [3.63, 3.8) is 0 Å². The third-order valence-corrected chi connectivity index (χ3v) is 1.71. The van der Waals surface area contributed by atoms with Crippen LogP contribution in [0.1, 0.15) is 31.0 Å². The highest BCUT2D eigenvalue weighted by Gasteiger charge is 2.11. The number of aromatic nitrogens is 2. The third-order valence-electron chi connectivity index (χ3n) is 1.71. The van der Waals surface area contributed by atoms with Crippen molar-refractivity contribution in [2.24, 2.45) is 4.99 Å². The van der Waals surface area contributed by atoms with Crippen LogP contribution >= 0.6 is 0 Å². The van der Waals surface area contributed by atoms with Gasteiger partial charge in [0.2, 0.25) is 0 Å². The fraction of sp³-hybridized carbons (Fsp3) is 0.500. The van der Waals surface area contributed by atoms with Crippen LogP contribution in [0.15, 0.2) is 4.99 Å². The van der Waals surface area contributed by atoms with E-state index in [9.17, 15) is 0 Å². The second kappa shape index (κ2) is 2.86. The fourth-order valence-electron chi connectivity index (χ4n) is 1.24. The number of hydrogen-bond acceptors (Lipinski definition) is 2. The molecule has 1 N–H and O–H groups in total. The van der Waals surface area contributed by atoms with Crippen molar-refractivity contribution in [3.05, 3.63) is 11.3 Å². The van der Waals surface area contributed by atoms with Crippen LogP contribution < -0.4 is 0 Å². The van der Waals surface area contributed by atoms with E-state index >= 15 is 0 Å². The summed E-state index contributed by atoms with van der Waals surface area (Å²) in [5.41, 5.74) is 2.18. The lowest BCUT2D eigenvalue weighted by Crippen LogP contribution is -1.87. The van der Waals surface area contributed by atoms with Crippen LogP contribution in [-0.4, -0.2) is 16.9 Å². The first-order valence-electron chi connectivity index (χ1n) is 3.68. The van der Waals surface area contributed by atoms with E-state index in [1.807, 2.05) is 6.92 Å². The van der Waals surface area contributed by atoms with Crippen molar-refractivity contribution in [2.75, 3.05) is 0 Å². The van der Waals surface area contributed by atoms with Gasteiger partial charge in [0.15, 0.2) is 5.82 Å². The maximum absolute atomic E-state index is 4.05. The summed E-state index contributed by atoms with van der Waals surface area (Å²) in [4.78, 5) is 3.84. The predicted molar refractivity (Wildman–Crippen MR) is 46.6 cm³/mol. The zero-order valence-electron chi connectivity index (χ0n) is 7.18. The molecule has 0 spiro atoms. The number of aliphatic imine (C=N–C) groups is 1. The molecule has 11 heavy (non-hydrogen) atoms. The minimum atomic E-state index is 0.453. The highest BCUT2D eigenvalue weighted by Crippen LogP contribution is 2.26. The molecule has 0 aromatic carbocycles. The molecule has 0 amide bonds. The number of H-pyrrole nitrogens is 1. The normalized spacial score (nSPS) is 10.5. The average Bonchev–Trinajstić information content (AvgIpc) is 2.30. The summed E-state index contributed by atoms with van der Waals surface area (Å²) >= 11 is 0. The van der Waals surface area contributed by atoms with E-state index in [2.05, 4.69) is 35.8 Å². The zero-order chi connectivity index (χ0) is 8.43. The van der Waals surface area contributed by atoms with Crippen LogP contribution in [0.3, 0.4) is 0 Å². The molecular weight excluding hydrogens is 138 g/mol. The summed E-state index contributed by atoms with van der Waals surface area (Å²) < 4.78 is 0. The predicted octanol–water partition coefficient (Wildman–Crippen LogP) is 2.17. The van der Waals surface area contributed by atoms with E-state index in [-0.39, 0.29) is 0 Å². The van der Waals surface area contributed by atoms with Gasteiger partial charge in [-0.2, -0.15) is 5.10 Å². The van der Waals surface area contributed by atoms with E-state index < -0.39 is 0 Å². The van der Waals surface area contributed by atoms with Gasteiger partial charge in [-0.15, -0.1) is 0 Å². The van der Waals surface area contributed by atoms with Gasteiger partial charge in [0.1, 0.15) is 0 Å². The highest BCUT2D eigenvalue weighted by molar-refractivity contribution is 5.48. The quantitative estimate of drug-likeness (QED) is 0.646. The Bertz CT molecular complexity index is 260. The molecule has 60 valence electrons. The lowest BCUT2D eigenvalue weighted by atomic mass is 10.0. The van der Waals surface area contributed by atoms with E-state index in [1.54, 1.807) is 0 Å². The van der Waals surface area contributed by atoms with Gasteiger partial charge < -0.3 is 0 Å². The molecular formula is C8H13N3. The van der Waals surface area contributed by atoms with Gasteiger partial charge in [-0.25, -0.2) is 4.99 Å². The lowest BCUT2D eigenvalue weighted by molar-refractivity contribution is 0.857. The Labute approximate surface area is 66.5 Å². The van der Waals surface area contributed by atoms with E-state index in [0.717, 1.165) is 11.5 Å². The van der Waals surface area contributed by atoms with Crippen LogP contribution in [0.2, 0.25) is 0 Å². The fourth-order valence-corrected chi connectivity index (χ4v) is 1.24. The van der Waals surface area contributed by atoms with Gasteiger partial charge in [0.25, 0.3) is 0 Å². The van der Waals surface area contributed by atoms with E-state index in [1.165, 1.54) is 5.56 Å². The number of hydrogen-bond donors (Lipinski definition) is 1. The van der Waals surface area contributed by atoms with E-state index in [4.69, 9.17) is 0 Å². The molecule has 1 rings (SSSR count). The molecule has 1 aromatic rings. The van der Waals surface area contributed by atoms with Crippen molar-refractivity contribution >= 4 is 12.5 Å². The SMILES string of the molecule is C=Nc1[nH]nc(C)c1C(C)C. The molecule has 1 heterocycles. The molecule has 0 unspecified atom stereocenters. The number of nitrogens with one attached hydrogen (secondary N) is 1.